The first kappa shape index (κ1) is 16.2. The summed E-state index contributed by atoms with van der Waals surface area (Å²) in [6, 6.07) is 0. The second kappa shape index (κ2) is 5.23. The highest BCUT2D eigenvalue weighted by atomic mass is 16.5. The molecule has 2 nitrogen and oxygen atoms in total. The number of terminal acetylenes is 1. The largest absolute Gasteiger partial charge is 0.374 e. The van der Waals surface area contributed by atoms with Crippen molar-refractivity contribution in [1.29, 1.82) is 0 Å². The van der Waals surface area contributed by atoms with Gasteiger partial charge in [-0.1, -0.05) is 34.6 Å². The number of hydrogen-bond acceptors (Lipinski definition) is 2. The molecule has 0 unspecified atom stereocenters. The number of Topliss-reactive ketones (excluding diaryl/α,β-unsaturated/α-hetero) is 1. The lowest BCUT2D eigenvalue weighted by Crippen LogP contribution is -2.40. The molecule has 98 valence electrons. The second-order valence-corrected chi connectivity index (χ2v) is 6.89. The minimum Gasteiger partial charge on any atom is -0.374 e. The fourth-order valence-electron chi connectivity index (χ4n) is 1.75. The summed E-state index contributed by atoms with van der Waals surface area (Å²) in [6.07, 6.45) is 5.83. The molecule has 0 aliphatic heterocycles. The Morgan fingerprint density at radius 2 is 1.59 bits per heavy atom. The van der Waals surface area contributed by atoms with E-state index in [1.165, 1.54) is 0 Å². The minimum absolute atomic E-state index is 0.210. The lowest BCUT2D eigenvalue weighted by molar-refractivity contribution is -0.142. The molecule has 0 aliphatic rings. The van der Waals surface area contributed by atoms with Gasteiger partial charge >= 0.3 is 0 Å². The topological polar surface area (TPSA) is 26.3 Å². The van der Waals surface area contributed by atoms with Crippen LogP contribution in [0, 0.1) is 23.2 Å². The summed E-state index contributed by atoms with van der Waals surface area (Å²) in [6.45, 7) is 13.9. The van der Waals surface area contributed by atoms with Crippen molar-refractivity contribution in [2.75, 3.05) is 6.61 Å². The van der Waals surface area contributed by atoms with Crippen LogP contribution in [0.2, 0.25) is 0 Å². The fraction of sp³-hybridized carbons (Fsp3) is 0.800. The first-order chi connectivity index (χ1) is 7.42. The summed E-state index contributed by atoms with van der Waals surface area (Å²) < 4.78 is 5.79. The van der Waals surface area contributed by atoms with Crippen molar-refractivity contribution < 1.29 is 9.53 Å². The quantitative estimate of drug-likeness (QED) is 0.686. The summed E-state index contributed by atoms with van der Waals surface area (Å²) >= 11 is 0. The number of hydrogen-bond donors (Lipinski definition) is 0. The maximum atomic E-state index is 12.2. The van der Waals surface area contributed by atoms with Crippen LogP contribution in [0.1, 0.15) is 54.9 Å². The average molecular weight is 238 g/mol. The Morgan fingerprint density at radius 3 is 1.94 bits per heavy atom. The van der Waals surface area contributed by atoms with Gasteiger partial charge in [0, 0.05) is 17.3 Å². The van der Waals surface area contributed by atoms with Crippen molar-refractivity contribution in [3.8, 4) is 12.3 Å². The van der Waals surface area contributed by atoms with Gasteiger partial charge in [0.15, 0.2) is 0 Å². The highest BCUT2D eigenvalue weighted by molar-refractivity contribution is 5.88. The third kappa shape index (κ3) is 5.37. The predicted molar refractivity (Wildman–Crippen MR) is 71.7 cm³/mol. The monoisotopic (exact) mass is 238 g/mol. The van der Waals surface area contributed by atoms with Crippen LogP contribution in [0.3, 0.4) is 0 Å². The highest BCUT2D eigenvalue weighted by Crippen LogP contribution is 2.30. The van der Waals surface area contributed by atoms with Crippen molar-refractivity contribution in [2.24, 2.45) is 10.8 Å². The molecule has 0 atom stereocenters. The van der Waals surface area contributed by atoms with Crippen LogP contribution >= 0.6 is 0 Å². The van der Waals surface area contributed by atoms with Crippen LogP contribution in [0.15, 0.2) is 0 Å². The number of carbonyl (C=O) groups is 1. The maximum absolute atomic E-state index is 12.2. The molecule has 0 bridgehead atoms. The van der Waals surface area contributed by atoms with E-state index in [4.69, 9.17) is 11.2 Å². The van der Waals surface area contributed by atoms with E-state index in [9.17, 15) is 4.79 Å². The molecule has 0 spiro atoms. The van der Waals surface area contributed by atoms with E-state index in [0.29, 0.717) is 13.0 Å². The van der Waals surface area contributed by atoms with Crippen molar-refractivity contribution >= 4 is 5.78 Å². The van der Waals surface area contributed by atoms with E-state index in [1.807, 2.05) is 48.5 Å². The van der Waals surface area contributed by atoms with Crippen molar-refractivity contribution in [3.63, 3.8) is 0 Å². The summed E-state index contributed by atoms with van der Waals surface area (Å²) in [7, 11) is 0. The fourth-order valence-corrected chi connectivity index (χ4v) is 1.75. The molecular weight excluding hydrogens is 212 g/mol. The van der Waals surface area contributed by atoms with Gasteiger partial charge in [-0.2, -0.15) is 0 Å². The van der Waals surface area contributed by atoms with E-state index >= 15 is 0 Å². The normalized spacial score (nSPS) is 13.3. The molecule has 0 saturated carbocycles. The summed E-state index contributed by atoms with van der Waals surface area (Å²) in [5, 5.41) is 0. The summed E-state index contributed by atoms with van der Waals surface area (Å²) in [5.74, 6) is 2.80. The van der Waals surface area contributed by atoms with Gasteiger partial charge in [-0.3, -0.25) is 4.79 Å². The summed E-state index contributed by atoms with van der Waals surface area (Å²) in [4.78, 5) is 12.2. The van der Waals surface area contributed by atoms with Crippen LogP contribution in [-0.4, -0.2) is 18.0 Å². The van der Waals surface area contributed by atoms with E-state index in [2.05, 4.69) is 5.92 Å². The van der Waals surface area contributed by atoms with Crippen LogP contribution < -0.4 is 0 Å². The smallest absolute Gasteiger partial charge is 0.146 e. The van der Waals surface area contributed by atoms with Crippen LogP contribution in [-0.2, 0) is 9.53 Å². The van der Waals surface area contributed by atoms with Gasteiger partial charge in [0.1, 0.15) is 5.78 Å². The molecule has 0 aromatic heterocycles. The Bertz CT molecular complexity index is 311. The Hall–Kier alpha value is -0.810. The van der Waals surface area contributed by atoms with Crippen molar-refractivity contribution in [3.05, 3.63) is 0 Å². The van der Waals surface area contributed by atoms with Crippen LogP contribution in [0.25, 0.3) is 0 Å². The molecule has 0 amide bonds. The number of ether oxygens (including phenoxy) is 1. The van der Waals surface area contributed by atoms with E-state index in [1.54, 1.807) is 0 Å². The van der Waals surface area contributed by atoms with E-state index in [0.717, 1.165) is 0 Å². The number of carbonyl (C=O) groups excluding carboxylic acids is 1. The molecule has 0 heterocycles. The molecular formula is C15H26O2. The second-order valence-electron chi connectivity index (χ2n) is 6.89. The van der Waals surface area contributed by atoms with Gasteiger partial charge < -0.3 is 4.74 Å². The number of ketones is 1. The molecule has 0 radical (unpaired) electrons. The third-order valence-electron chi connectivity index (χ3n) is 2.65. The molecule has 0 saturated heterocycles. The van der Waals surface area contributed by atoms with Gasteiger partial charge in [0.2, 0.25) is 0 Å². The SMILES string of the molecule is C#CCC(C)(C)OCC(C)(C)C(=O)C(C)(C)C. The standard InChI is InChI=1S/C15H26O2/c1-9-10-15(7,8)17-11-14(5,6)12(16)13(2,3)4/h1H,10-11H2,2-8H3. The zero-order chi connectivity index (χ0) is 13.9. The van der Waals surface area contributed by atoms with E-state index < -0.39 is 5.41 Å². The Morgan fingerprint density at radius 1 is 1.12 bits per heavy atom. The molecule has 0 aromatic rings. The average Bonchev–Trinajstić information content (AvgIpc) is 2.12. The Balaban J connectivity index is 4.59. The van der Waals surface area contributed by atoms with Crippen molar-refractivity contribution in [1.82, 2.24) is 0 Å². The molecule has 0 aliphatic carbocycles. The number of rotatable bonds is 5. The molecule has 0 N–H and O–H groups in total. The van der Waals surface area contributed by atoms with Gasteiger partial charge in [-0.15, -0.1) is 12.3 Å². The molecule has 0 rings (SSSR count). The van der Waals surface area contributed by atoms with Gasteiger partial charge in [0.25, 0.3) is 0 Å². The summed E-state index contributed by atoms with van der Waals surface area (Å²) in [5.41, 5.74) is -1.20. The Kier molecular flexibility index (Phi) is 4.98. The van der Waals surface area contributed by atoms with Crippen LogP contribution in [0.5, 0.6) is 0 Å². The predicted octanol–water partition coefficient (Wildman–Crippen LogP) is 3.45. The molecule has 2 heteroatoms. The van der Waals surface area contributed by atoms with Crippen molar-refractivity contribution in [2.45, 2.75) is 60.5 Å². The van der Waals surface area contributed by atoms with Gasteiger partial charge in [-0.05, 0) is 13.8 Å². The van der Waals surface area contributed by atoms with E-state index in [-0.39, 0.29) is 16.8 Å². The first-order valence-electron chi connectivity index (χ1n) is 6.05. The first-order valence-corrected chi connectivity index (χ1v) is 6.05. The zero-order valence-corrected chi connectivity index (χ0v) is 12.3. The molecule has 17 heavy (non-hydrogen) atoms. The zero-order valence-electron chi connectivity index (χ0n) is 12.3. The highest BCUT2D eigenvalue weighted by Gasteiger charge is 2.37. The lowest BCUT2D eigenvalue weighted by Gasteiger charge is -2.34. The third-order valence-corrected chi connectivity index (χ3v) is 2.65. The molecule has 0 fully saturated rings. The van der Waals surface area contributed by atoms with Gasteiger partial charge in [0.05, 0.1) is 12.2 Å². The minimum atomic E-state index is -0.482. The van der Waals surface area contributed by atoms with Crippen LogP contribution in [0.4, 0.5) is 0 Å². The Labute approximate surface area is 106 Å². The maximum Gasteiger partial charge on any atom is 0.146 e. The van der Waals surface area contributed by atoms with Gasteiger partial charge in [-0.25, -0.2) is 0 Å². The molecule has 0 aromatic carbocycles. The lowest BCUT2D eigenvalue weighted by atomic mass is 9.75.